The summed E-state index contributed by atoms with van der Waals surface area (Å²) in [6.45, 7) is 3.70. The van der Waals surface area contributed by atoms with E-state index in [0.29, 0.717) is 10.2 Å². The number of nitrogens with zero attached hydrogens (tertiary/aromatic N) is 3. The molecule has 0 bridgehead atoms. The monoisotopic (exact) mass is 356 g/mol. The minimum Gasteiger partial charge on any atom is -0.461 e. The summed E-state index contributed by atoms with van der Waals surface area (Å²) in [6, 6.07) is 4.34. The zero-order valence-electron chi connectivity index (χ0n) is 11.4. The zero-order valence-corrected chi connectivity index (χ0v) is 13.0. The van der Waals surface area contributed by atoms with Gasteiger partial charge in [0, 0.05) is 4.47 Å². The van der Waals surface area contributed by atoms with Gasteiger partial charge < -0.3 is 10.1 Å². The smallest absolute Gasteiger partial charge is 0.323 e. The molecule has 0 fully saturated rings. The van der Waals surface area contributed by atoms with Crippen molar-refractivity contribution in [2.24, 2.45) is 5.84 Å². The molecule has 0 amide bonds. The van der Waals surface area contributed by atoms with Crippen molar-refractivity contribution < 1.29 is 9.13 Å². The number of aromatic nitrogens is 3. The van der Waals surface area contributed by atoms with Crippen LogP contribution in [0.1, 0.15) is 13.8 Å². The Bertz CT molecular complexity index is 639. The first-order valence-corrected chi connectivity index (χ1v) is 6.88. The number of nitrogens with one attached hydrogen (secondary N) is 2. The molecule has 0 spiro atoms. The van der Waals surface area contributed by atoms with Crippen LogP contribution in [0.4, 0.5) is 22.0 Å². The van der Waals surface area contributed by atoms with Gasteiger partial charge in [0.15, 0.2) is 0 Å². The van der Waals surface area contributed by atoms with Gasteiger partial charge in [0.25, 0.3) is 0 Å². The molecule has 1 aromatic carbocycles. The number of hydrogen-bond acceptors (Lipinski definition) is 7. The number of rotatable bonds is 5. The Morgan fingerprint density at radius 2 is 1.95 bits per heavy atom. The van der Waals surface area contributed by atoms with Crippen molar-refractivity contribution >= 4 is 33.5 Å². The van der Waals surface area contributed by atoms with Gasteiger partial charge in [-0.15, -0.1) is 0 Å². The summed E-state index contributed by atoms with van der Waals surface area (Å²) in [4.78, 5) is 12.1. The summed E-state index contributed by atoms with van der Waals surface area (Å²) in [7, 11) is 0. The van der Waals surface area contributed by atoms with Crippen LogP contribution in [0, 0.1) is 5.82 Å². The van der Waals surface area contributed by atoms with Gasteiger partial charge in [-0.25, -0.2) is 10.2 Å². The first-order valence-electron chi connectivity index (χ1n) is 6.09. The molecular weight excluding hydrogens is 343 g/mol. The number of nitrogens with two attached hydrogens (primary N) is 1. The van der Waals surface area contributed by atoms with Crippen LogP contribution in [0.5, 0.6) is 6.01 Å². The highest BCUT2D eigenvalue weighted by atomic mass is 79.9. The van der Waals surface area contributed by atoms with E-state index in [0.717, 1.165) is 0 Å². The van der Waals surface area contributed by atoms with E-state index in [1.165, 1.54) is 12.1 Å². The molecule has 7 nitrogen and oxygen atoms in total. The number of nitrogen functional groups attached to an aromatic ring is 1. The quantitative estimate of drug-likeness (QED) is 0.559. The fourth-order valence-electron chi connectivity index (χ4n) is 1.45. The molecule has 112 valence electrons. The number of benzene rings is 1. The third-order valence-corrected chi connectivity index (χ3v) is 2.92. The molecule has 21 heavy (non-hydrogen) atoms. The fraction of sp³-hybridized carbons (Fsp3) is 0.250. The molecule has 0 aliphatic rings. The molecule has 2 rings (SSSR count). The minimum atomic E-state index is -0.351. The van der Waals surface area contributed by atoms with Crippen LogP contribution in [0.15, 0.2) is 22.7 Å². The van der Waals surface area contributed by atoms with Crippen LogP contribution >= 0.6 is 15.9 Å². The normalized spacial score (nSPS) is 10.6. The maximum absolute atomic E-state index is 13.1. The zero-order chi connectivity index (χ0) is 15.4. The average Bonchev–Trinajstić information content (AvgIpc) is 2.41. The molecule has 0 aliphatic heterocycles. The largest absolute Gasteiger partial charge is 0.461 e. The van der Waals surface area contributed by atoms with Crippen LogP contribution in [0.25, 0.3) is 0 Å². The molecule has 4 N–H and O–H groups in total. The fourth-order valence-corrected chi connectivity index (χ4v) is 1.90. The molecule has 2 aromatic rings. The molecule has 9 heteroatoms. The predicted molar refractivity (Wildman–Crippen MR) is 80.8 cm³/mol. The Kier molecular flexibility index (Phi) is 4.86. The highest BCUT2D eigenvalue weighted by Gasteiger charge is 2.10. The van der Waals surface area contributed by atoms with Gasteiger partial charge in [0.1, 0.15) is 5.82 Å². The lowest BCUT2D eigenvalue weighted by molar-refractivity contribution is 0.222. The van der Waals surface area contributed by atoms with Gasteiger partial charge in [0.2, 0.25) is 11.9 Å². The molecule has 0 radical (unpaired) electrons. The molecular formula is C12H14BrFN6O. The second-order valence-electron chi connectivity index (χ2n) is 4.33. The predicted octanol–water partition coefficient (Wildman–Crippen LogP) is 2.59. The molecule has 1 aromatic heterocycles. The Morgan fingerprint density at radius 3 is 2.57 bits per heavy atom. The Morgan fingerprint density at radius 1 is 1.24 bits per heavy atom. The number of hydrazine groups is 1. The third kappa shape index (κ3) is 4.23. The average molecular weight is 357 g/mol. The van der Waals surface area contributed by atoms with E-state index < -0.39 is 0 Å². The van der Waals surface area contributed by atoms with Crippen molar-refractivity contribution in [2.75, 3.05) is 10.7 Å². The summed E-state index contributed by atoms with van der Waals surface area (Å²) in [5.74, 6) is 5.34. The Balaban J connectivity index is 2.29. The first kappa shape index (κ1) is 15.4. The summed E-state index contributed by atoms with van der Waals surface area (Å²) >= 11 is 3.25. The molecule has 0 aliphatic carbocycles. The van der Waals surface area contributed by atoms with Crippen LogP contribution in [0.2, 0.25) is 0 Å². The van der Waals surface area contributed by atoms with Crippen molar-refractivity contribution in [1.82, 2.24) is 15.0 Å². The number of hydrogen-bond donors (Lipinski definition) is 3. The summed E-state index contributed by atoms with van der Waals surface area (Å²) in [5, 5.41) is 2.94. The lowest BCUT2D eigenvalue weighted by atomic mass is 10.3. The molecule has 0 saturated heterocycles. The van der Waals surface area contributed by atoms with Crippen molar-refractivity contribution in [3.63, 3.8) is 0 Å². The lowest BCUT2D eigenvalue weighted by Crippen LogP contribution is -2.15. The van der Waals surface area contributed by atoms with Crippen LogP contribution in [-0.4, -0.2) is 21.1 Å². The van der Waals surface area contributed by atoms with Gasteiger partial charge >= 0.3 is 6.01 Å². The highest BCUT2D eigenvalue weighted by molar-refractivity contribution is 9.10. The van der Waals surface area contributed by atoms with Crippen molar-refractivity contribution in [2.45, 2.75) is 20.0 Å². The van der Waals surface area contributed by atoms with Gasteiger partial charge in [-0.2, -0.15) is 15.0 Å². The second-order valence-corrected chi connectivity index (χ2v) is 5.18. The number of ether oxygens (including phenoxy) is 1. The summed E-state index contributed by atoms with van der Waals surface area (Å²) in [5.41, 5.74) is 2.93. The van der Waals surface area contributed by atoms with Gasteiger partial charge in [-0.1, -0.05) is 0 Å². The van der Waals surface area contributed by atoms with E-state index in [1.54, 1.807) is 6.07 Å². The van der Waals surface area contributed by atoms with Crippen LogP contribution in [0.3, 0.4) is 0 Å². The number of halogens is 2. The Labute approximate surface area is 129 Å². The van der Waals surface area contributed by atoms with Gasteiger partial charge in [-0.3, -0.25) is 5.43 Å². The molecule has 1 heterocycles. The topological polar surface area (TPSA) is 98.0 Å². The summed E-state index contributed by atoms with van der Waals surface area (Å²) < 4.78 is 19.0. The molecule has 0 atom stereocenters. The SMILES string of the molecule is CC(C)Oc1nc(NN)nc(Nc2ccc(F)cc2Br)n1. The van der Waals surface area contributed by atoms with E-state index in [9.17, 15) is 4.39 Å². The second kappa shape index (κ2) is 6.64. The first-order chi connectivity index (χ1) is 9.97. The molecule has 0 unspecified atom stereocenters. The van der Waals surface area contributed by atoms with E-state index in [-0.39, 0.29) is 29.8 Å². The summed E-state index contributed by atoms with van der Waals surface area (Å²) in [6.07, 6.45) is -0.0940. The van der Waals surface area contributed by atoms with Crippen LogP contribution < -0.4 is 21.3 Å². The lowest BCUT2D eigenvalue weighted by Gasteiger charge is -2.11. The molecule has 0 saturated carbocycles. The van der Waals surface area contributed by atoms with Gasteiger partial charge in [0.05, 0.1) is 11.8 Å². The van der Waals surface area contributed by atoms with E-state index >= 15 is 0 Å². The van der Waals surface area contributed by atoms with E-state index in [4.69, 9.17) is 10.6 Å². The standard InChI is InChI=1S/C12H14BrFN6O/c1-6(2)21-12-18-10(17-11(19-12)20-15)16-9-4-3-7(14)5-8(9)13/h3-6H,15H2,1-2H3,(H2,16,17,18,19,20). The van der Waals surface area contributed by atoms with Gasteiger partial charge in [-0.05, 0) is 48.0 Å². The third-order valence-electron chi connectivity index (χ3n) is 2.26. The minimum absolute atomic E-state index is 0.0940. The van der Waals surface area contributed by atoms with E-state index in [2.05, 4.69) is 41.6 Å². The van der Waals surface area contributed by atoms with Crippen molar-refractivity contribution in [1.29, 1.82) is 0 Å². The van der Waals surface area contributed by atoms with Crippen molar-refractivity contribution in [3.8, 4) is 6.01 Å². The van der Waals surface area contributed by atoms with Crippen LogP contribution in [-0.2, 0) is 0 Å². The van der Waals surface area contributed by atoms with E-state index in [1.807, 2.05) is 13.8 Å². The highest BCUT2D eigenvalue weighted by Crippen LogP contribution is 2.26. The maximum Gasteiger partial charge on any atom is 0.323 e. The van der Waals surface area contributed by atoms with Crippen molar-refractivity contribution in [3.05, 3.63) is 28.5 Å². The Hall–Kier alpha value is -2.00. The maximum atomic E-state index is 13.1. The number of anilines is 3.